The number of nitrogens with zero attached hydrogens (tertiary/aromatic N) is 3. The number of nitro benzene ring substituents is 1. The molecule has 0 saturated heterocycles. The van der Waals surface area contributed by atoms with Gasteiger partial charge in [0, 0.05) is 17.0 Å². The van der Waals surface area contributed by atoms with E-state index in [2.05, 4.69) is 0 Å². The molecule has 5 nitrogen and oxygen atoms in total. The summed E-state index contributed by atoms with van der Waals surface area (Å²) in [5.41, 5.74) is 0.609. The molecular formula is C11H7N3O2S. The average Bonchev–Trinajstić information content (AvgIpc) is 2.36. The van der Waals surface area contributed by atoms with Crippen molar-refractivity contribution in [3.05, 3.63) is 45.5 Å². The van der Waals surface area contributed by atoms with Crippen molar-refractivity contribution in [2.75, 3.05) is 6.26 Å². The molecule has 0 unspecified atom stereocenters. The van der Waals surface area contributed by atoms with Crippen LogP contribution in [0.2, 0.25) is 0 Å². The van der Waals surface area contributed by atoms with E-state index in [1.54, 1.807) is 18.4 Å². The Bertz CT molecular complexity index is 534. The fraction of sp³-hybridized carbons (Fsp3) is 0.0909. The Morgan fingerprint density at radius 1 is 1.29 bits per heavy atom. The molecule has 0 fully saturated rings. The molecule has 0 atom stereocenters. The lowest BCUT2D eigenvalue weighted by Gasteiger charge is -2.03. The van der Waals surface area contributed by atoms with E-state index in [0.29, 0.717) is 10.5 Å². The SMILES string of the molecule is CSC(=C(C#N)C#N)c1ccc([N+](=O)[O-])cc1. The standard InChI is InChI=1S/C11H7N3O2S/c1-17-11(9(6-12)7-13)8-2-4-10(5-3-8)14(15)16/h2-5H,1H3. The van der Waals surface area contributed by atoms with E-state index in [0.717, 1.165) is 0 Å². The van der Waals surface area contributed by atoms with Gasteiger partial charge in [0.25, 0.3) is 5.69 Å². The number of non-ortho nitro benzene ring substituents is 1. The van der Waals surface area contributed by atoms with Crippen molar-refractivity contribution in [2.45, 2.75) is 0 Å². The molecule has 0 N–H and O–H groups in total. The maximum Gasteiger partial charge on any atom is 0.269 e. The number of hydrogen-bond donors (Lipinski definition) is 0. The summed E-state index contributed by atoms with van der Waals surface area (Å²) in [5, 5.41) is 28.0. The molecule has 0 saturated carbocycles. The highest BCUT2D eigenvalue weighted by Crippen LogP contribution is 2.29. The zero-order chi connectivity index (χ0) is 12.8. The average molecular weight is 245 g/mol. The predicted octanol–water partition coefficient (Wildman–Crippen LogP) is 2.72. The van der Waals surface area contributed by atoms with Gasteiger partial charge in [0.05, 0.1) is 4.92 Å². The lowest BCUT2D eigenvalue weighted by atomic mass is 10.1. The molecule has 1 aromatic rings. The van der Waals surface area contributed by atoms with Crippen LogP contribution in [0.25, 0.3) is 4.91 Å². The van der Waals surface area contributed by atoms with Gasteiger partial charge in [0.1, 0.15) is 17.7 Å². The molecule has 0 aliphatic heterocycles. The van der Waals surface area contributed by atoms with Gasteiger partial charge >= 0.3 is 0 Å². The second kappa shape index (κ2) is 5.69. The summed E-state index contributed by atoms with van der Waals surface area (Å²) < 4.78 is 0. The molecule has 84 valence electrons. The Labute approximate surface area is 102 Å². The lowest BCUT2D eigenvalue weighted by molar-refractivity contribution is -0.384. The predicted molar refractivity (Wildman–Crippen MR) is 64.8 cm³/mol. The maximum atomic E-state index is 10.5. The topological polar surface area (TPSA) is 90.7 Å². The van der Waals surface area contributed by atoms with Crippen LogP contribution < -0.4 is 0 Å². The Morgan fingerprint density at radius 2 is 1.82 bits per heavy atom. The van der Waals surface area contributed by atoms with Crippen LogP contribution in [-0.2, 0) is 0 Å². The summed E-state index contributed by atoms with van der Waals surface area (Å²) >= 11 is 1.26. The quantitative estimate of drug-likeness (QED) is 0.464. The Kier molecular flexibility index (Phi) is 4.27. The van der Waals surface area contributed by atoms with Gasteiger partial charge in [-0.1, -0.05) is 0 Å². The molecule has 1 aromatic carbocycles. The van der Waals surface area contributed by atoms with Crippen LogP contribution in [0.15, 0.2) is 29.8 Å². The van der Waals surface area contributed by atoms with Gasteiger partial charge in [0.2, 0.25) is 0 Å². The van der Waals surface area contributed by atoms with Crippen LogP contribution in [0.5, 0.6) is 0 Å². The molecule has 0 radical (unpaired) electrons. The first kappa shape index (κ1) is 12.8. The third kappa shape index (κ3) is 2.83. The third-order valence-corrected chi connectivity index (χ3v) is 2.84. The minimum absolute atomic E-state index is 0.00588. The van der Waals surface area contributed by atoms with Crippen molar-refractivity contribution in [1.29, 1.82) is 10.5 Å². The molecule has 0 heterocycles. The number of nitro groups is 1. The number of rotatable bonds is 3. The monoisotopic (exact) mass is 245 g/mol. The maximum absolute atomic E-state index is 10.5. The third-order valence-electron chi connectivity index (χ3n) is 2.00. The van der Waals surface area contributed by atoms with Gasteiger partial charge in [-0.25, -0.2) is 0 Å². The van der Waals surface area contributed by atoms with Gasteiger partial charge in [-0.15, -0.1) is 11.8 Å². The van der Waals surface area contributed by atoms with E-state index < -0.39 is 4.92 Å². The molecule has 0 spiro atoms. The summed E-state index contributed by atoms with van der Waals surface area (Å²) in [6, 6.07) is 9.35. The second-order valence-electron chi connectivity index (χ2n) is 2.94. The van der Waals surface area contributed by atoms with Gasteiger partial charge in [0.15, 0.2) is 0 Å². The molecule has 6 heteroatoms. The molecule has 0 aliphatic rings. The zero-order valence-corrected chi connectivity index (χ0v) is 9.69. The molecule has 0 aromatic heterocycles. The number of thioether (sulfide) groups is 1. The minimum atomic E-state index is -0.498. The van der Waals surface area contributed by atoms with Gasteiger partial charge in [-0.2, -0.15) is 10.5 Å². The number of hydrogen-bond acceptors (Lipinski definition) is 5. The number of allylic oxidation sites excluding steroid dienone is 1. The van der Waals surface area contributed by atoms with Crippen LogP contribution in [0, 0.1) is 32.8 Å². The van der Waals surface area contributed by atoms with Crippen molar-refractivity contribution in [3.8, 4) is 12.1 Å². The van der Waals surface area contributed by atoms with Crippen LogP contribution in [-0.4, -0.2) is 11.2 Å². The summed E-state index contributed by atoms with van der Waals surface area (Å²) in [6.07, 6.45) is 1.74. The highest BCUT2D eigenvalue weighted by Gasteiger charge is 2.10. The fourth-order valence-electron chi connectivity index (χ4n) is 1.23. The summed E-state index contributed by atoms with van der Waals surface area (Å²) in [7, 11) is 0. The van der Waals surface area contributed by atoms with Crippen molar-refractivity contribution >= 4 is 22.4 Å². The van der Waals surface area contributed by atoms with E-state index in [1.807, 2.05) is 0 Å². The Balaban J connectivity index is 3.26. The highest BCUT2D eigenvalue weighted by atomic mass is 32.2. The van der Waals surface area contributed by atoms with Crippen LogP contribution in [0.4, 0.5) is 5.69 Å². The normalized spacial score (nSPS) is 8.88. The first-order valence-electron chi connectivity index (χ1n) is 4.47. The molecule has 0 aliphatic carbocycles. The summed E-state index contributed by atoms with van der Waals surface area (Å²) in [5.74, 6) is 0. The first-order chi connectivity index (χ1) is 8.13. The second-order valence-corrected chi connectivity index (χ2v) is 3.75. The summed E-state index contributed by atoms with van der Waals surface area (Å²) in [6.45, 7) is 0. The number of nitriles is 2. The van der Waals surface area contributed by atoms with E-state index in [9.17, 15) is 10.1 Å². The largest absolute Gasteiger partial charge is 0.269 e. The Morgan fingerprint density at radius 3 is 2.18 bits per heavy atom. The van der Waals surface area contributed by atoms with E-state index in [4.69, 9.17) is 10.5 Å². The molecule has 0 amide bonds. The van der Waals surface area contributed by atoms with Crippen molar-refractivity contribution in [2.24, 2.45) is 0 Å². The first-order valence-corrected chi connectivity index (χ1v) is 5.69. The van der Waals surface area contributed by atoms with E-state index in [-0.39, 0.29) is 11.3 Å². The van der Waals surface area contributed by atoms with Crippen molar-refractivity contribution < 1.29 is 4.92 Å². The lowest BCUT2D eigenvalue weighted by Crippen LogP contribution is -1.89. The van der Waals surface area contributed by atoms with Gasteiger partial charge in [-0.05, 0) is 24.0 Å². The fourth-order valence-corrected chi connectivity index (χ4v) is 1.89. The van der Waals surface area contributed by atoms with Gasteiger partial charge in [-0.3, -0.25) is 10.1 Å². The molecule has 17 heavy (non-hydrogen) atoms. The van der Waals surface area contributed by atoms with Gasteiger partial charge < -0.3 is 0 Å². The van der Waals surface area contributed by atoms with Crippen LogP contribution in [0.1, 0.15) is 5.56 Å². The van der Waals surface area contributed by atoms with Crippen molar-refractivity contribution in [3.63, 3.8) is 0 Å². The summed E-state index contributed by atoms with van der Waals surface area (Å²) in [4.78, 5) is 10.5. The molecule has 1 rings (SSSR count). The smallest absolute Gasteiger partial charge is 0.258 e. The number of benzene rings is 1. The Hall–Kier alpha value is -2.31. The van der Waals surface area contributed by atoms with E-state index in [1.165, 1.54) is 36.0 Å². The molecule has 0 bridgehead atoms. The van der Waals surface area contributed by atoms with E-state index >= 15 is 0 Å². The van der Waals surface area contributed by atoms with Crippen molar-refractivity contribution in [1.82, 2.24) is 0 Å². The molecular weight excluding hydrogens is 238 g/mol. The van der Waals surface area contributed by atoms with Crippen LogP contribution >= 0.6 is 11.8 Å². The highest BCUT2D eigenvalue weighted by molar-refractivity contribution is 8.07. The van der Waals surface area contributed by atoms with Crippen LogP contribution in [0.3, 0.4) is 0 Å². The minimum Gasteiger partial charge on any atom is -0.258 e. The zero-order valence-electron chi connectivity index (χ0n) is 8.88.